The molecule has 0 aromatic carbocycles. The highest BCUT2D eigenvalue weighted by Crippen LogP contribution is 2.07. The number of nitrogens with zero attached hydrogens (tertiary/aromatic N) is 1. The van der Waals surface area contributed by atoms with Crippen LogP contribution in [-0.2, 0) is 6.54 Å². The van der Waals surface area contributed by atoms with Gasteiger partial charge >= 0.3 is 0 Å². The van der Waals surface area contributed by atoms with Gasteiger partial charge in [-0.15, -0.1) is 0 Å². The smallest absolute Gasteiger partial charge is 0.253 e. The van der Waals surface area contributed by atoms with Crippen molar-refractivity contribution < 1.29 is 9.21 Å². The van der Waals surface area contributed by atoms with Gasteiger partial charge in [0.2, 0.25) is 0 Å². The number of hydrogen-bond donors (Lipinski definition) is 2. The average Bonchev–Trinajstić information content (AvgIpc) is 2.84. The molecule has 0 saturated heterocycles. The second kappa shape index (κ2) is 4.22. The topological polar surface area (TPSA) is 70.9 Å². The zero-order valence-electron chi connectivity index (χ0n) is 9.20. The summed E-state index contributed by atoms with van der Waals surface area (Å²) < 4.78 is 5.04. The van der Waals surface area contributed by atoms with Crippen molar-refractivity contribution in [1.29, 1.82) is 0 Å². The van der Waals surface area contributed by atoms with Crippen LogP contribution in [0.3, 0.4) is 0 Å². The van der Waals surface area contributed by atoms with Crippen molar-refractivity contribution in [3.8, 4) is 0 Å². The summed E-state index contributed by atoms with van der Waals surface area (Å²) >= 11 is 0. The highest BCUT2D eigenvalue weighted by Gasteiger charge is 2.10. The van der Waals surface area contributed by atoms with Crippen LogP contribution in [0.4, 0.5) is 0 Å². The molecule has 5 nitrogen and oxygen atoms in total. The summed E-state index contributed by atoms with van der Waals surface area (Å²) in [6.45, 7) is 4.05. The number of H-pyrrole nitrogens is 1. The van der Waals surface area contributed by atoms with Crippen LogP contribution >= 0.6 is 0 Å². The van der Waals surface area contributed by atoms with Crippen molar-refractivity contribution >= 4 is 5.91 Å². The molecule has 0 atom stereocenters. The van der Waals surface area contributed by atoms with E-state index in [0.29, 0.717) is 12.1 Å². The lowest BCUT2D eigenvalue weighted by Crippen LogP contribution is -2.23. The summed E-state index contributed by atoms with van der Waals surface area (Å²) in [4.78, 5) is 18.7. The van der Waals surface area contributed by atoms with E-state index in [0.717, 1.165) is 17.1 Å². The number of carbonyl (C=O) groups is 1. The number of rotatable bonds is 3. The highest BCUT2D eigenvalue weighted by molar-refractivity contribution is 5.95. The number of hydrogen-bond acceptors (Lipinski definition) is 3. The Morgan fingerprint density at radius 3 is 2.94 bits per heavy atom. The van der Waals surface area contributed by atoms with Gasteiger partial charge in [0.1, 0.15) is 11.5 Å². The molecule has 5 heteroatoms. The van der Waals surface area contributed by atoms with E-state index in [2.05, 4.69) is 15.3 Å². The number of nitrogens with one attached hydrogen (secondary N) is 2. The van der Waals surface area contributed by atoms with Crippen molar-refractivity contribution in [2.75, 3.05) is 0 Å². The molecule has 2 aromatic rings. The summed E-state index contributed by atoms with van der Waals surface area (Å²) in [5, 5.41) is 2.79. The minimum Gasteiger partial charge on any atom is -0.448 e. The highest BCUT2D eigenvalue weighted by atomic mass is 16.3. The van der Waals surface area contributed by atoms with Gasteiger partial charge in [-0.1, -0.05) is 0 Å². The minimum atomic E-state index is -0.110. The van der Waals surface area contributed by atoms with Crippen LogP contribution in [0.1, 0.15) is 27.5 Å². The Morgan fingerprint density at radius 2 is 2.38 bits per heavy atom. The summed E-state index contributed by atoms with van der Waals surface area (Å²) in [7, 11) is 0. The van der Waals surface area contributed by atoms with E-state index in [4.69, 9.17) is 4.42 Å². The van der Waals surface area contributed by atoms with Gasteiger partial charge < -0.3 is 14.7 Å². The maximum Gasteiger partial charge on any atom is 0.253 e. The molecule has 0 spiro atoms. The molecule has 1 amide bonds. The van der Waals surface area contributed by atoms with Gasteiger partial charge in [0.05, 0.1) is 12.1 Å². The third-order valence-corrected chi connectivity index (χ3v) is 2.46. The minimum absolute atomic E-state index is 0.110. The number of carbonyl (C=O) groups excluding carboxylic acids is 1. The first kappa shape index (κ1) is 10.5. The van der Waals surface area contributed by atoms with Gasteiger partial charge in [-0.2, -0.15) is 0 Å². The Balaban J connectivity index is 1.99. The van der Waals surface area contributed by atoms with Crippen molar-refractivity contribution in [2.45, 2.75) is 20.4 Å². The van der Waals surface area contributed by atoms with Crippen LogP contribution in [0.15, 0.2) is 23.1 Å². The van der Waals surface area contributed by atoms with Crippen LogP contribution < -0.4 is 5.32 Å². The largest absolute Gasteiger partial charge is 0.448 e. The van der Waals surface area contributed by atoms with E-state index in [9.17, 15) is 4.79 Å². The maximum atomic E-state index is 11.7. The van der Waals surface area contributed by atoms with Gasteiger partial charge in [-0.05, 0) is 19.9 Å². The second-order valence-electron chi connectivity index (χ2n) is 3.55. The molecule has 0 aliphatic heterocycles. The lowest BCUT2D eigenvalue weighted by Gasteiger charge is -2.02. The molecule has 2 aromatic heterocycles. The molecular formula is C11H13N3O2. The van der Waals surface area contributed by atoms with Gasteiger partial charge in [0, 0.05) is 11.9 Å². The van der Waals surface area contributed by atoms with Crippen LogP contribution in [0.25, 0.3) is 0 Å². The molecular weight excluding hydrogens is 206 g/mol. The van der Waals surface area contributed by atoms with E-state index in [-0.39, 0.29) is 5.91 Å². The molecule has 2 heterocycles. The molecule has 0 fully saturated rings. The third kappa shape index (κ3) is 1.98. The monoisotopic (exact) mass is 219 g/mol. The summed E-state index contributed by atoms with van der Waals surface area (Å²) in [5.74, 6) is 0.618. The maximum absolute atomic E-state index is 11.7. The lowest BCUT2D eigenvalue weighted by atomic mass is 10.2. The number of aromatic nitrogens is 2. The van der Waals surface area contributed by atoms with Crippen molar-refractivity contribution in [2.24, 2.45) is 0 Å². The number of oxazole rings is 1. The molecule has 0 saturated carbocycles. The Labute approximate surface area is 92.9 Å². The molecule has 0 radical (unpaired) electrons. The van der Waals surface area contributed by atoms with E-state index in [1.54, 1.807) is 12.3 Å². The quantitative estimate of drug-likeness (QED) is 0.822. The first-order valence-electron chi connectivity index (χ1n) is 4.99. The van der Waals surface area contributed by atoms with Gasteiger partial charge in [0.25, 0.3) is 5.91 Å². The molecule has 0 unspecified atom stereocenters. The fourth-order valence-corrected chi connectivity index (χ4v) is 1.46. The summed E-state index contributed by atoms with van der Waals surface area (Å²) in [6, 6.07) is 1.75. The molecule has 84 valence electrons. The normalized spacial score (nSPS) is 10.4. The van der Waals surface area contributed by atoms with Crippen molar-refractivity contribution in [3.63, 3.8) is 0 Å². The van der Waals surface area contributed by atoms with E-state index in [1.807, 2.05) is 13.8 Å². The molecule has 2 N–H and O–H groups in total. The molecule has 0 bridgehead atoms. The summed E-state index contributed by atoms with van der Waals surface area (Å²) in [6.07, 6.45) is 3.12. The molecule has 0 aliphatic carbocycles. The fraction of sp³-hybridized carbons (Fsp3) is 0.273. The Morgan fingerprint density at radius 1 is 1.56 bits per heavy atom. The standard InChI is InChI=1S/C11H13N3O2/c1-7-9(3-4-12-7)11(15)13-5-10-8(2)16-6-14-10/h3-4,6,12H,5H2,1-2H3,(H,13,15). The number of aromatic amines is 1. The Bertz CT molecular complexity index is 499. The van der Waals surface area contributed by atoms with Gasteiger partial charge in [0.15, 0.2) is 6.39 Å². The Hall–Kier alpha value is -2.04. The lowest BCUT2D eigenvalue weighted by molar-refractivity contribution is 0.0950. The predicted molar refractivity (Wildman–Crippen MR) is 57.9 cm³/mol. The zero-order chi connectivity index (χ0) is 11.5. The Kier molecular flexibility index (Phi) is 2.76. The van der Waals surface area contributed by atoms with Crippen molar-refractivity contribution in [3.05, 3.63) is 41.4 Å². The second-order valence-corrected chi connectivity index (χ2v) is 3.55. The fourth-order valence-electron chi connectivity index (χ4n) is 1.46. The first-order chi connectivity index (χ1) is 7.68. The first-order valence-corrected chi connectivity index (χ1v) is 4.99. The van der Waals surface area contributed by atoms with Crippen LogP contribution in [0.2, 0.25) is 0 Å². The molecule has 2 rings (SSSR count). The summed E-state index contributed by atoms with van der Waals surface area (Å²) in [5.41, 5.74) is 2.26. The van der Waals surface area contributed by atoms with Crippen LogP contribution in [0, 0.1) is 13.8 Å². The number of amides is 1. The van der Waals surface area contributed by atoms with E-state index < -0.39 is 0 Å². The van der Waals surface area contributed by atoms with E-state index in [1.165, 1.54) is 6.39 Å². The van der Waals surface area contributed by atoms with Crippen LogP contribution in [0.5, 0.6) is 0 Å². The van der Waals surface area contributed by atoms with Crippen LogP contribution in [-0.4, -0.2) is 15.9 Å². The predicted octanol–water partition coefficient (Wildman–Crippen LogP) is 1.55. The molecule has 16 heavy (non-hydrogen) atoms. The third-order valence-electron chi connectivity index (χ3n) is 2.46. The number of aryl methyl sites for hydroxylation is 2. The SMILES string of the molecule is Cc1[nH]ccc1C(=O)NCc1ncoc1C. The van der Waals surface area contributed by atoms with Gasteiger partial charge in [-0.25, -0.2) is 4.98 Å². The average molecular weight is 219 g/mol. The van der Waals surface area contributed by atoms with Gasteiger partial charge in [-0.3, -0.25) is 4.79 Å². The van der Waals surface area contributed by atoms with Crippen molar-refractivity contribution in [1.82, 2.24) is 15.3 Å². The van der Waals surface area contributed by atoms with E-state index >= 15 is 0 Å². The zero-order valence-corrected chi connectivity index (χ0v) is 9.20. The molecule has 0 aliphatic rings.